The normalized spacial score (nSPS) is 16.7. The molecule has 0 heterocycles. The van der Waals surface area contributed by atoms with Crippen molar-refractivity contribution in [2.45, 2.75) is 58.0 Å². The number of benzene rings is 2. The van der Waals surface area contributed by atoms with E-state index in [1.807, 2.05) is 3.28 Å². The summed E-state index contributed by atoms with van der Waals surface area (Å²) in [4.78, 5) is 0. The Labute approximate surface area is 209 Å². The molecule has 0 fully saturated rings. The van der Waals surface area contributed by atoms with E-state index in [4.69, 9.17) is 0 Å². The number of allylic oxidation sites excluding steroid dienone is 4. The quantitative estimate of drug-likeness (QED) is 0.564. The third-order valence-corrected chi connectivity index (χ3v) is 14.9. The van der Waals surface area contributed by atoms with Crippen molar-refractivity contribution >= 4 is 3.21 Å². The van der Waals surface area contributed by atoms with Crippen molar-refractivity contribution < 1.29 is 46.1 Å². The van der Waals surface area contributed by atoms with Gasteiger partial charge in [-0.1, -0.05) is 0 Å². The summed E-state index contributed by atoms with van der Waals surface area (Å²) >= 11 is -2.11. The molecule has 2 aromatic carbocycles. The molecule has 0 radical (unpaired) electrons. The summed E-state index contributed by atoms with van der Waals surface area (Å²) in [7, 11) is 0. The minimum atomic E-state index is -2.11. The summed E-state index contributed by atoms with van der Waals surface area (Å²) in [6.45, 7) is 14.3. The molecule has 1 unspecified atom stereocenters. The van der Waals surface area contributed by atoms with Crippen LogP contribution < -0.4 is 24.8 Å². The van der Waals surface area contributed by atoms with Gasteiger partial charge in [0, 0.05) is 0 Å². The summed E-state index contributed by atoms with van der Waals surface area (Å²) < 4.78 is 4.17. The minimum Gasteiger partial charge on any atom is -1.00 e. The maximum atomic E-state index is 2.64. The second-order valence-corrected chi connectivity index (χ2v) is 17.2. The topological polar surface area (TPSA) is 0 Å². The Balaban J connectivity index is 0.00000171. The fourth-order valence-corrected chi connectivity index (χ4v) is 13.9. The van der Waals surface area contributed by atoms with Gasteiger partial charge in [0.05, 0.1) is 0 Å². The van der Waals surface area contributed by atoms with Crippen LogP contribution >= 0.6 is 0 Å². The Morgan fingerprint density at radius 1 is 0.871 bits per heavy atom. The van der Waals surface area contributed by atoms with Crippen LogP contribution in [0.1, 0.15) is 69.1 Å². The van der Waals surface area contributed by atoms with Crippen molar-refractivity contribution in [3.8, 4) is 11.1 Å². The summed E-state index contributed by atoms with van der Waals surface area (Å²) in [5.41, 5.74) is 7.91. The molecule has 0 spiro atoms. The Morgan fingerprint density at radius 3 is 1.84 bits per heavy atom. The van der Waals surface area contributed by atoms with Crippen LogP contribution in [0.5, 0.6) is 0 Å². The smallest absolute Gasteiger partial charge is 1.00 e. The Bertz CT molecular complexity index is 987. The first-order chi connectivity index (χ1) is 13.8. The zero-order valence-corrected chi connectivity index (χ0v) is 23.6. The molecular weight excluding hydrogens is 498 g/mol. The minimum absolute atomic E-state index is 0. The molecule has 0 saturated carbocycles. The van der Waals surface area contributed by atoms with E-state index in [-0.39, 0.29) is 30.2 Å². The van der Waals surface area contributed by atoms with Gasteiger partial charge in [0.15, 0.2) is 0 Å². The molecule has 4 rings (SSSR count). The molecule has 0 bridgehead atoms. The predicted molar refractivity (Wildman–Crippen MR) is 124 cm³/mol. The molecular formula is C28H34Cl2Zr. The van der Waals surface area contributed by atoms with Gasteiger partial charge < -0.3 is 24.8 Å². The number of halogens is 2. The maximum absolute atomic E-state index is 2.64. The van der Waals surface area contributed by atoms with E-state index in [0.717, 1.165) is 0 Å². The SMILES string of the molecule is CCCC1C=C(C(C)(C)C)C=[C]1[Zr+2](=[C](C)C)[CH]1c2ccccc2-c2ccccc21.[Cl-].[Cl-]. The Hall–Kier alpha value is -0.747. The van der Waals surface area contributed by atoms with E-state index >= 15 is 0 Å². The first-order valence-electron chi connectivity index (χ1n) is 11.1. The predicted octanol–water partition coefficient (Wildman–Crippen LogP) is 1.88. The van der Waals surface area contributed by atoms with Crippen LogP contribution in [0.15, 0.2) is 69.5 Å². The van der Waals surface area contributed by atoms with Gasteiger partial charge in [0.25, 0.3) is 0 Å². The van der Waals surface area contributed by atoms with Gasteiger partial charge in [-0.25, -0.2) is 0 Å². The second-order valence-electron chi connectivity index (χ2n) is 9.89. The van der Waals surface area contributed by atoms with Gasteiger partial charge in [-0.15, -0.1) is 0 Å². The number of rotatable bonds is 4. The molecule has 2 aromatic rings. The zero-order valence-electron chi connectivity index (χ0n) is 19.6. The molecule has 2 aliphatic rings. The van der Waals surface area contributed by atoms with Crippen LogP contribution in [0, 0.1) is 11.3 Å². The number of fused-ring (bicyclic) bond motifs is 3. The van der Waals surface area contributed by atoms with E-state index in [1.54, 1.807) is 19.9 Å². The molecule has 0 amide bonds. The Kier molecular flexibility index (Phi) is 8.94. The van der Waals surface area contributed by atoms with Crippen LogP contribution in [0.4, 0.5) is 0 Å². The van der Waals surface area contributed by atoms with Crippen LogP contribution in [-0.4, -0.2) is 3.21 Å². The van der Waals surface area contributed by atoms with Gasteiger partial charge in [0.2, 0.25) is 0 Å². The van der Waals surface area contributed by atoms with Crippen molar-refractivity contribution in [3.63, 3.8) is 0 Å². The molecule has 1 atom stereocenters. The van der Waals surface area contributed by atoms with Crippen LogP contribution in [0.3, 0.4) is 0 Å². The van der Waals surface area contributed by atoms with E-state index in [9.17, 15) is 0 Å². The zero-order chi connectivity index (χ0) is 20.8. The summed E-state index contributed by atoms with van der Waals surface area (Å²) in [5.74, 6) is 0.651. The second kappa shape index (κ2) is 10.5. The summed E-state index contributed by atoms with van der Waals surface area (Å²) in [5, 5.41) is 0. The average Bonchev–Trinajstić information content (AvgIpc) is 3.23. The van der Waals surface area contributed by atoms with Gasteiger partial charge in [-0.05, 0) is 0 Å². The molecule has 31 heavy (non-hydrogen) atoms. The molecule has 3 heteroatoms. The van der Waals surface area contributed by atoms with Gasteiger partial charge in [-0.3, -0.25) is 0 Å². The summed E-state index contributed by atoms with van der Waals surface area (Å²) in [6.07, 6.45) is 7.81. The van der Waals surface area contributed by atoms with Crippen molar-refractivity contribution in [2.24, 2.45) is 11.3 Å². The molecule has 0 saturated heterocycles. The molecule has 0 aromatic heterocycles. The van der Waals surface area contributed by atoms with Crippen LogP contribution in [0.25, 0.3) is 11.1 Å². The van der Waals surface area contributed by atoms with Crippen molar-refractivity contribution in [1.29, 1.82) is 0 Å². The van der Waals surface area contributed by atoms with E-state index in [2.05, 4.69) is 102 Å². The van der Waals surface area contributed by atoms with Gasteiger partial charge in [0.1, 0.15) is 0 Å². The third kappa shape index (κ3) is 4.95. The largest absolute Gasteiger partial charge is 1.00 e. The van der Waals surface area contributed by atoms with Crippen LogP contribution in [0.2, 0.25) is 0 Å². The van der Waals surface area contributed by atoms with Gasteiger partial charge in [-0.2, -0.15) is 0 Å². The van der Waals surface area contributed by atoms with Gasteiger partial charge >= 0.3 is 186 Å². The number of hydrogen-bond acceptors (Lipinski definition) is 0. The fourth-order valence-electron chi connectivity index (χ4n) is 5.13. The molecule has 0 aliphatic heterocycles. The van der Waals surface area contributed by atoms with Crippen LogP contribution in [-0.2, 0) is 21.3 Å². The Morgan fingerprint density at radius 2 is 1.39 bits per heavy atom. The average molecular weight is 533 g/mol. The van der Waals surface area contributed by atoms with Crippen molar-refractivity contribution in [1.82, 2.24) is 0 Å². The summed E-state index contributed by atoms with van der Waals surface area (Å²) in [6, 6.07) is 18.4. The van der Waals surface area contributed by atoms with Crippen molar-refractivity contribution in [2.75, 3.05) is 0 Å². The molecule has 2 aliphatic carbocycles. The fraction of sp³-hybridized carbons (Fsp3) is 0.393. The van der Waals surface area contributed by atoms with E-state index in [1.165, 1.54) is 24.0 Å². The van der Waals surface area contributed by atoms with E-state index in [0.29, 0.717) is 9.54 Å². The van der Waals surface area contributed by atoms with E-state index < -0.39 is 21.3 Å². The molecule has 0 nitrogen and oxygen atoms in total. The third-order valence-electron chi connectivity index (χ3n) is 6.53. The maximum Gasteiger partial charge on any atom is -1.00 e. The number of hydrogen-bond donors (Lipinski definition) is 0. The monoisotopic (exact) mass is 530 g/mol. The molecule has 0 N–H and O–H groups in total. The molecule has 164 valence electrons. The van der Waals surface area contributed by atoms with Crippen molar-refractivity contribution in [3.05, 3.63) is 80.7 Å². The first kappa shape index (κ1) is 26.5. The first-order valence-corrected chi connectivity index (χ1v) is 15.0. The standard InChI is InChI=1S/C13H9.C12H19.C3H6.2ClH.Zr/c1-3-7-12-10(5-1)9-11-6-2-4-8-13(11)12;1-5-6-10-7-8-11(9-10)12(2,3)4;1-3-2;;;/h1-9H;8-10H,5-6H2,1-4H3;1-2H3;2*1H;/q;;;;;+2/p-2.